The number of rotatable bonds is 4. The third-order valence-electron chi connectivity index (χ3n) is 4.80. The van der Waals surface area contributed by atoms with Crippen molar-refractivity contribution in [3.63, 3.8) is 0 Å². The Kier molecular flexibility index (Phi) is 4.53. The number of fused-ring (bicyclic) bond motifs is 1. The second-order valence-corrected chi connectivity index (χ2v) is 6.38. The summed E-state index contributed by atoms with van der Waals surface area (Å²) in [6, 6.07) is 13.5. The van der Waals surface area contributed by atoms with E-state index in [4.69, 9.17) is 0 Å². The summed E-state index contributed by atoms with van der Waals surface area (Å²) in [5, 5.41) is 11.3. The van der Waals surface area contributed by atoms with Crippen molar-refractivity contribution in [2.24, 2.45) is 5.92 Å². The van der Waals surface area contributed by atoms with Gasteiger partial charge >= 0.3 is 0 Å². The van der Waals surface area contributed by atoms with Gasteiger partial charge in [0, 0.05) is 25.4 Å². The Hall–Kier alpha value is -2.40. The van der Waals surface area contributed by atoms with Crippen LogP contribution in [0.4, 0.5) is 5.69 Å². The largest absolute Gasteiger partial charge is 0.394 e. The number of benzene rings is 2. The predicted octanol–water partition coefficient (Wildman–Crippen LogP) is 2.03. The van der Waals surface area contributed by atoms with E-state index in [-0.39, 0.29) is 36.8 Å². The third kappa shape index (κ3) is 2.87. The molecule has 1 saturated heterocycles. The van der Waals surface area contributed by atoms with Crippen LogP contribution in [-0.4, -0.2) is 48.1 Å². The van der Waals surface area contributed by atoms with Gasteiger partial charge in [0.25, 0.3) is 0 Å². The van der Waals surface area contributed by atoms with Crippen molar-refractivity contribution in [3.05, 3.63) is 42.5 Å². The van der Waals surface area contributed by atoms with Crippen LogP contribution in [0.5, 0.6) is 0 Å². The summed E-state index contributed by atoms with van der Waals surface area (Å²) in [6.45, 7) is 2.08. The van der Waals surface area contributed by atoms with Crippen molar-refractivity contribution in [2.75, 3.05) is 25.1 Å². The highest BCUT2D eigenvalue weighted by molar-refractivity contribution is 6.06. The van der Waals surface area contributed by atoms with E-state index in [0.29, 0.717) is 6.54 Å². The van der Waals surface area contributed by atoms with Gasteiger partial charge in [0.1, 0.15) is 0 Å². The molecular weight excluding hydrogens is 304 g/mol. The fourth-order valence-electron chi connectivity index (χ4n) is 3.18. The first-order chi connectivity index (χ1) is 11.5. The van der Waals surface area contributed by atoms with Gasteiger partial charge < -0.3 is 14.9 Å². The Balaban J connectivity index is 1.86. The number of aliphatic hydroxyl groups excluding tert-OH is 1. The first-order valence-electron chi connectivity index (χ1n) is 8.18. The highest BCUT2D eigenvalue weighted by Crippen LogP contribution is 2.32. The van der Waals surface area contributed by atoms with Crippen molar-refractivity contribution in [1.82, 2.24) is 4.90 Å². The standard InChI is InChI=1S/C19H22N2O3/c1-13(12-22)20(2)19(24)15-10-18(23)21(11-15)17-9-5-7-14-6-3-4-8-16(14)17/h3-9,13,15,22H,10-12H2,1-2H3. The van der Waals surface area contributed by atoms with E-state index in [1.165, 1.54) is 4.90 Å². The van der Waals surface area contributed by atoms with Crippen molar-refractivity contribution in [1.29, 1.82) is 0 Å². The Bertz CT molecular complexity index is 769. The molecule has 5 nitrogen and oxygen atoms in total. The second-order valence-electron chi connectivity index (χ2n) is 6.38. The predicted molar refractivity (Wildman–Crippen MR) is 93.7 cm³/mol. The van der Waals surface area contributed by atoms with Crippen LogP contribution in [0, 0.1) is 5.92 Å². The van der Waals surface area contributed by atoms with Gasteiger partial charge in [-0.2, -0.15) is 0 Å². The lowest BCUT2D eigenvalue weighted by Crippen LogP contribution is -2.41. The van der Waals surface area contributed by atoms with E-state index in [2.05, 4.69) is 0 Å². The van der Waals surface area contributed by atoms with Crippen LogP contribution in [-0.2, 0) is 9.59 Å². The smallest absolute Gasteiger partial charge is 0.228 e. The molecule has 2 unspecified atom stereocenters. The summed E-state index contributed by atoms with van der Waals surface area (Å²) < 4.78 is 0. The molecule has 0 spiro atoms. The SMILES string of the molecule is CC(CO)N(C)C(=O)C1CC(=O)N(c2cccc3ccccc23)C1. The van der Waals surface area contributed by atoms with Gasteiger partial charge in [-0.15, -0.1) is 0 Å². The van der Waals surface area contributed by atoms with Gasteiger partial charge in [-0.3, -0.25) is 9.59 Å². The number of amides is 2. The highest BCUT2D eigenvalue weighted by atomic mass is 16.3. The molecule has 5 heteroatoms. The molecule has 24 heavy (non-hydrogen) atoms. The molecule has 0 bridgehead atoms. The molecule has 0 aliphatic carbocycles. The molecule has 1 aliphatic heterocycles. The fourth-order valence-corrected chi connectivity index (χ4v) is 3.18. The number of carbonyl (C=O) groups is 2. The lowest BCUT2D eigenvalue weighted by Gasteiger charge is -2.26. The number of hydrogen-bond donors (Lipinski definition) is 1. The number of likely N-dealkylation sites (N-methyl/N-ethyl adjacent to an activating group) is 1. The third-order valence-corrected chi connectivity index (χ3v) is 4.80. The van der Waals surface area contributed by atoms with Crippen LogP contribution in [0.25, 0.3) is 10.8 Å². The van der Waals surface area contributed by atoms with Gasteiger partial charge in [-0.1, -0.05) is 36.4 Å². The van der Waals surface area contributed by atoms with Crippen LogP contribution in [0.1, 0.15) is 13.3 Å². The van der Waals surface area contributed by atoms with Crippen molar-refractivity contribution in [3.8, 4) is 0 Å². The minimum Gasteiger partial charge on any atom is -0.394 e. The number of nitrogens with zero attached hydrogens (tertiary/aromatic N) is 2. The van der Waals surface area contributed by atoms with Crippen molar-refractivity contribution >= 4 is 28.3 Å². The van der Waals surface area contributed by atoms with Crippen LogP contribution in [0.2, 0.25) is 0 Å². The number of aliphatic hydroxyl groups is 1. The zero-order chi connectivity index (χ0) is 17.3. The molecule has 3 rings (SSSR count). The van der Waals surface area contributed by atoms with E-state index in [1.54, 1.807) is 18.9 Å². The minimum absolute atomic E-state index is 0.0326. The van der Waals surface area contributed by atoms with Gasteiger partial charge in [0.05, 0.1) is 24.3 Å². The molecule has 1 heterocycles. The van der Waals surface area contributed by atoms with Gasteiger partial charge in [0.2, 0.25) is 11.8 Å². The Morgan fingerprint density at radius 2 is 2.00 bits per heavy atom. The monoisotopic (exact) mass is 326 g/mol. The fraction of sp³-hybridized carbons (Fsp3) is 0.368. The Labute approximate surface area is 141 Å². The molecule has 2 amide bonds. The van der Waals surface area contributed by atoms with E-state index >= 15 is 0 Å². The molecule has 0 saturated carbocycles. The number of carbonyl (C=O) groups excluding carboxylic acids is 2. The Morgan fingerprint density at radius 3 is 2.75 bits per heavy atom. The molecule has 126 valence electrons. The Morgan fingerprint density at radius 1 is 1.29 bits per heavy atom. The van der Waals surface area contributed by atoms with Gasteiger partial charge in [-0.05, 0) is 18.4 Å². The van der Waals surface area contributed by atoms with Crippen LogP contribution in [0.3, 0.4) is 0 Å². The maximum atomic E-state index is 12.6. The molecule has 2 aromatic carbocycles. The maximum Gasteiger partial charge on any atom is 0.228 e. The zero-order valence-corrected chi connectivity index (χ0v) is 14.0. The van der Waals surface area contributed by atoms with Gasteiger partial charge in [0.15, 0.2) is 0 Å². The first-order valence-corrected chi connectivity index (χ1v) is 8.18. The molecule has 1 fully saturated rings. The molecule has 1 aliphatic rings. The zero-order valence-electron chi connectivity index (χ0n) is 14.0. The van der Waals surface area contributed by atoms with Crippen LogP contribution >= 0.6 is 0 Å². The second kappa shape index (κ2) is 6.61. The van der Waals surface area contributed by atoms with Crippen molar-refractivity contribution in [2.45, 2.75) is 19.4 Å². The molecule has 2 aromatic rings. The van der Waals surface area contributed by atoms with E-state index in [0.717, 1.165) is 16.5 Å². The summed E-state index contributed by atoms with van der Waals surface area (Å²) in [4.78, 5) is 28.3. The summed E-state index contributed by atoms with van der Waals surface area (Å²) >= 11 is 0. The summed E-state index contributed by atoms with van der Waals surface area (Å²) in [7, 11) is 1.67. The van der Waals surface area contributed by atoms with Crippen LogP contribution < -0.4 is 4.90 Å². The average molecular weight is 326 g/mol. The van der Waals surface area contributed by atoms with Gasteiger partial charge in [-0.25, -0.2) is 0 Å². The normalized spacial score (nSPS) is 18.9. The maximum absolute atomic E-state index is 12.6. The number of hydrogen-bond acceptors (Lipinski definition) is 3. The minimum atomic E-state index is -0.365. The first kappa shape index (κ1) is 16.5. The summed E-state index contributed by atoms with van der Waals surface area (Å²) in [5.74, 6) is -0.488. The summed E-state index contributed by atoms with van der Waals surface area (Å²) in [6.07, 6.45) is 0.213. The summed E-state index contributed by atoms with van der Waals surface area (Å²) in [5.41, 5.74) is 0.853. The average Bonchev–Trinajstić information content (AvgIpc) is 3.00. The lowest BCUT2D eigenvalue weighted by atomic mass is 10.1. The molecule has 0 radical (unpaired) electrons. The highest BCUT2D eigenvalue weighted by Gasteiger charge is 2.37. The van der Waals surface area contributed by atoms with Crippen molar-refractivity contribution < 1.29 is 14.7 Å². The number of anilines is 1. The molecule has 2 atom stereocenters. The molecule has 0 aromatic heterocycles. The van der Waals surface area contributed by atoms with E-state index in [1.807, 2.05) is 42.5 Å². The lowest BCUT2D eigenvalue weighted by molar-refractivity contribution is -0.137. The van der Waals surface area contributed by atoms with Crippen LogP contribution in [0.15, 0.2) is 42.5 Å². The van der Waals surface area contributed by atoms with E-state index < -0.39 is 0 Å². The quantitative estimate of drug-likeness (QED) is 0.935. The topological polar surface area (TPSA) is 60.9 Å². The van der Waals surface area contributed by atoms with E-state index in [9.17, 15) is 14.7 Å². The molecule has 1 N–H and O–H groups in total. The molecular formula is C19H22N2O3.